The average Bonchev–Trinajstić information content (AvgIpc) is 2.26. The van der Waals surface area contributed by atoms with Crippen LogP contribution in [0.25, 0.3) is 16.3 Å². The van der Waals surface area contributed by atoms with Crippen molar-refractivity contribution in [2.75, 3.05) is 0 Å². The minimum Gasteiger partial charge on any atom is -1.00 e. The molecule has 0 unspecified atom stereocenters. The molecule has 0 saturated carbocycles. The van der Waals surface area contributed by atoms with E-state index in [2.05, 4.69) is 22.7 Å². The zero-order chi connectivity index (χ0) is 10.3. The number of pyridine rings is 2. The molecule has 0 saturated heterocycles. The third-order valence-corrected chi connectivity index (χ3v) is 2.79. The lowest BCUT2D eigenvalue weighted by Crippen LogP contribution is -3.00. The first kappa shape index (κ1) is 11.4. The van der Waals surface area contributed by atoms with Gasteiger partial charge < -0.3 is 17.0 Å². The van der Waals surface area contributed by atoms with E-state index in [1.165, 1.54) is 16.3 Å². The van der Waals surface area contributed by atoms with Crippen molar-refractivity contribution >= 4 is 27.9 Å². The summed E-state index contributed by atoms with van der Waals surface area (Å²) in [7, 11) is 0. The SMILES string of the molecule is Clc1ccc2c[n+]3ccccc3cc2c1.[Br-]. The number of rotatable bonds is 0. The summed E-state index contributed by atoms with van der Waals surface area (Å²) in [5.41, 5.74) is 1.17. The van der Waals surface area contributed by atoms with Crippen LogP contribution in [0.15, 0.2) is 54.9 Å². The molecule has 0 fully saturated rings. The molecule has 0 amide bonds. The smallest absolute Gasteiger partial charge is 0.211 e. The van der Waals surface area contributed by atoms with E-state index in [0.717, 1.165) is 5.02 Å². The van der Waals surface area contributed by atoms with Gasteiger partial charge in [-0.25, -0.2) is 0 Å². The molecule has 0 aliphatic heterocycles. The first-order chi connectivity index (χ1) is 7.33. The third-order valence-electron chi connectivity index (χ3n) is 2.55. The molecule has 0 radical (unpaired) electrons. The van der Waals surface area contributed by atoms with Gasteiger partial charge in [0, 0.05) is 28.6 Å². The van der Waals surface area contributed by atoms with E-state index in [-0.39, 0.29) is 17.0 Å². The Hall–Kier alpha value is -1.12. The van der Waals surface area contributed by atoms with E-state index < -0.39 is 0 Å². The molecule has 1 aromatic carbocycles. The highest BCUT2D eigenvalue weighted by atomic mass is 79.9. The predicted octanol–water partition coefficient (Wildman–Crippen LogP) is 0.236. The van der Waals surface area contributed by atoms with Gasteiger partial charge in [-0.3, -0.25) is 0 Å². The number of benzene rings is 1. The van der Waals surface area contributed by atoms with Crippen molar-refractivity contribution in [3.05, 3.63) is 59.9 Å². The van der Waals surface area contributed by atoms with Gasteiger partial charge in [0.15, 0.2) is 12.4 Å². The highest BCUT2D eigenvalue weighted by molar-refractivity contribution is 6.31. The minimum atomic E-state index is 0. The molecule has 2 aromatic heterocycles. The third kappa shape index (κ3) is 1.91. The molecule has 3 heteroatoms. The van der Waals surface area contributed by atoms with Crippen LogP contribution in [0.2, 0.25) is 5.02 Å². The van der Waals surface area contributed by atoms with Crippen molar-refractivity contribution in [2.24, 2.45) is 0 Å². The summed E-state index contributed by atoms with van der Waals surface area (Å²) in [5.74, 6) is 0. The average molecular weight is 295 g/mol. The van der Waals surface area contributed by atoms with Crippen LogP contribution in [0, 0.1) is 0 Å². The molecule has 3 aromatic rings. The fourth-order valence-electron chi connectivity index (χ4n) is 1.81. The van der Waals surface area contributed by atoms with Crippen molar-refractivity contribution in [3.8, 4) is 0 Å². The van der Waals surface area contributed by atoms with Crippen LogP contribution in [0.5, 0.6) is 0 Å². The van der Waals surface area contributed by atoms with Crippen LogP contribution < -0.4 is 21.4 Å². The second-order valence-electron chi connectivity index (χ2n) is 3.58. The molecule has 2 heterocycles. The summed E-state index contributed by atoms with van der Waals surface area (Å²) in [5, 5.41) is 3.15. The molecule has 0 atom stereocenters. The van der Waals surface area contributed by atoms with Crippen LogP contribution in [0.3, 0.4) is 0 Å². The minimum absolute atomic E-state index is 0. The molecular weight excluding hydrogens is 286 g/mol. The van der Waals surface area contributed by atoms with Crippen molar-refractivity contribution < 1.29 is 21.4 Å². The number of hydrogen-bond acceptors (Lipinski definition) is 0. The molecule has 16 heavy (non-hydrogen) atoms. The van der Waals surface area contributed by atoms with Crippen molar-refractivity contribution in [3.63, 3.8) is 0 Å². The number of fused-ring (bicyclic) bond motifs is 2. The summed E-state index contributed by atoms with van der Waals surface area (Å²) < 4.78 is 2.11. The Morgan fingerprint density at radius 3 is 2.69 bits per heavy atom. The predicted molar refractivity (Wildman–Crippen MR) is 62.1 cm³/mol. The maximum absolute atomic E-state index is 5.96. The van der Waals surface area contributed by atoms with E-state index in [0.29, 0.717) is 0 Å². The molecule has 0 bridgehead atoms. The zero-order valence-electron chi connectivity index (χ0n) is 8.40. The maximum atomic E-state index is 5.96. The van der Waals surface area contributed by atoms with E-state index in [4.69, 9.17) is 11.6 Å². The van der Waals surface area contributed by atoms with Gasteiger partial charge in [-0.05, 0) is 29.7 Å². The Morgan fingerprint density at radius 1 is 0.938 bits per heavy atom. The number of hydrogen-bond donors (Lipinski definition) is 0. The molecule has 0 aliphatic carbocycles. The molecule has 0 spiro atoms. The van der Waals surface area contributed by atoms with Gasteiger partial charge >= 0.3 is 0 Å². The van der Waals surface area contributed by atoms with Gasteiger partial charge in [0.2, 0.25) is 5.52 Å². The highest BCUT2D eigenvalue weighted by Crippen LogP contribution is 2.18. The van der Waals surface area contributed by atoms with Crippen LogP contribution in [0.1, 0.15) is 0 Å². The van der Waals surface area contributed by atoms with Gasteiger partial charge in [-0.15, -0.1) is 0 Å². The van der Waals surface area contributed by atoms with Gasteiger partial charge in [-0.2, -0.15) is 4.40 Å². The Labute approximate surface area is 109 Å². The maximum Gasteiger partial charge on any atom is 0.211 e. The van der Waals surface area contributed by atoms with E-state index in [1.807, 2.05) is 36.5 Å². The summed E-state index contributed by atoms with van der Waals surface area (Å²) in [6, 6.07) is 14.2. The lowest BCUT2D eigenvalue weighted by Gasteiger charge is -1.97. The summed E-state index contributed by atoms with van der Waals surface area (Å²) in [6.07, 6.45) is 4.16. The van der Waals surface area contributed by atoms with Crippen LogP contribution in [0.4, 0.5) is 0 Å². The lowest BCUT2D eigenvalue weighted by molar-refractivity contribution is -0.510. The zero-order valence-corrected chi connectivity index (χ0v) is 10.7. The standard InChI is InChI=1S/C13H9ClN.BrH/c14-12-5-4-10-9-15-6-2-1-3-13(15)8-11(10)7-12;/h1-9H;1H/q+1;/p-1. The summed E-state index contributed by atoms with van der Waals surface area (Å²) >= 11 is 5.96. The van der Waals surface area contributed by atoms with Gasteiger partial charge in [0.1, 0.15) is 0 Å². The van der Waals surface area contributed by atoms with E-state index >= 15 is 0 Å². The fourth-order valence-corrected chi connectivity index (χ4v) is 1.99. The van der Waals surface area contributed by atoms with Crippen LogP contribution >= 0.6 is 11.6 Å². The van der Waals surface area contributed by atoms with Crippen LogP contribution in [-0.4, -0.2) is 0 Å². The topological polar surface area (TPSA) is 4.10 Å². The first-order valence-corrected chi connectivity index (χ1v) is 5.20. The molecule has 0 N–H and O–H groups in total. The Balaban J connectivity index is 0.000000963. The second kappa shape index (κ2) is 4.40. The molecule has 1 nitrogen and oxygen atoms in total. The Bertz CT molecular complexity index is 652. The normalized spacial score (nSPS) is 10.3. The molecule has 80 valence electrons. The summed E-state index contributed by atoms with van der Waals surface area (Å²) in [4.78, 5) is 0. The number of nitrogens with zero attached hydrogens (tertiary/aromatic N) is 1. The lowest BCUT2D eigenvalue weighted by atomic mass is 10.1. The molecule has 0 aliphatic rings. The van der Waals surface area contributed by atoms with Crippen molar-refractivity contribution in [1.82, 2.24) is 0 Å². The van der Waals surface area contributed by atoms with Crippen molar-refractivity contribution in [1.29, 1.82) is 0 Å². The Morgan fingerprint density at radius 2 is 1.81 bits per heavy atom. The quantitative estimate of drug-likeness (QED) is 0.413. The van der Waals surface area contributed by atoms with Crippen LogP contribution in [-0.2, 0) is 0 Å². The summed E-state index contributed by atoms with van der Waals surface area (Å²) in [6.45, 7) is 0. The Kier molecular flexibility index (Phi) is 3.13. The molecule has 3 rings (SSSR count). The number of aromatic nitrogens is 1. The largest absolute Gasteiger partial charge is 1.00 e. The van der Waals surface area contributed by atoms with Gasteiger partial charge in [0.05, 0.1) is 0 Å². The van der Waals surface area contributed by atoms with Gasteiger partial charge in [0.25, 0.3) is 0 Å². The second-order valence-corrected chi connectivity index (χ2v) is 4.02. The van der Waals surface area contributed by atoms with Gasteiger partial charge in [-0.1, -0.05) is 11.6 Å². The number of halogens is 2. The fraction of sp³-hybridized carbons (Fsp3) is 0. The monoisotopic (exact) mass is 293 g/mol. The highest BCUT2D eigenvalue weighted by Gasteiger charge is 2.03. The van der Waals surface area contributed by atoms with E-state index in [9.17, 15) is 0 Å². The van der Waals surface area contributed by atoms with E-state index in [1.54, 1.807) is 0 Å². The van der Waals surface area contributed by atoms with Crippen molar-refractivity contribution in [2.45, 2.75) is 0 Å². The first-order valence-electron chi connectivity index (χ1n) is 4.82. The molecular formula is C13H9BrClN.